The number of phenolic OH excluding ortho intramolecular Hbond substituents is 1. The standard InChI is InChI=1S/C17H24O2.C14H20O4.C12H16O3/c1-4-13(2)14-7-9-15(10-8-14)16(18)19-17(3)11-5-6-12-17;1-4-14(2,3)13(16)18-10-7-5-8-9(6-7)12(15)17-11(8)10;1-4-12(2,3)11(14)15-10-7-5-9(13)6-8-10/h7-10,13H,4-6,11-12H2,1-3H3;7-11H,4-6H2,1-3H3;5-8,13H,4H2,1-3H3. The molecule has 6 atom stereocenters. The number of rotatable bonds is 10. The highest BCUT2D eigenvalue weighted by atomic mass is 16.6. The first-order valence-corrected chi connectivity index (χ1v) is 19.2. The Hall–Kier alpha value is -3.88. The van der Waals surface area contributed by atoms with Gasteiger partial charge in [-0.2, -0.15) is 0 Å². The Morgan fingerprint density at radius 1 is 0.885 bits per heavy atom. The molecule has 2 bridgehead atoms. The first kappa shape index (κ1) is 40.9. The molecule has 9 nitrogen and oxygen atoms in total. The maximum atomic E-state index is 12.1. The second kappa shape index (κ2) is 16.9. The predicted octanol–water partition coefficient (Wildman–Crippen LogP) is 9.34. The van der Waals surface area contributed by atoms with Crippen LogP contribution in [0.3, 0.4) is 0 Å². The van der Waals surface area contributed by atoms with Crippen LogP contribution in [0, 0.1) is 28.6 Å². The van der Waals surface area contributed by atoms with Crippen LogP contribution >= 0.6 is 0 Å². The zero-order valence-corrected chi connectivity index (χ0v) is 32.7. The lowest BCUT2D eigenvalue weighted by Gasteiger charge is -2.29. The van der Waals surface area contributed by atoms with Crippen molar-refractivity contribution in [3.63, 3.8) is 0 Å². The highest BCUT2D eigenvalue weighted by Crippen LogP contribution is 2.55. The molecule has 3 saturated carbocycles. The minimum atomic E-state index is -0.474. The van der Waals surface area contributed by atoms with Crippen molar-refractivity contribution in [2.45, 2.75) is 144 Å². The highest BCUT2D eigenvalue weighted by Gasteiger charge is 2.63. The van der Waals surface area contributed by atoms with Crippen LogP contribution in [0.1, 0.15) is 142 Å². The Kier molecular flexibility index (Phi) is 13.2. The van der Waals surface area contributed by atoms with Crippen molar-refractivity contribution < 1.29 is 43.2 Å². The number of aromatic hydroxyl groups is 1. The summed E-state index contributed by atoms with van der Waals surface area (Å²) in [6.45, 7) is 17.8. The van der Waals surface area contributed by atoms with Crippen LogP contribution in [0.25, 0.3) is 0 Å². The topological polar surface area (TPSA) is 125 Å². The van der Waals surface area contributed by atoms with E-state index in [2.05, 4.69) is 13.8 Å². The van der Waals surface area contributed by atoms with Crippen molar-refractivity contribution >= 4 is 23.9 Å². The third kappa shape index (κ3) is 9.75. The number of phenols is 1. The molecule has 1 saturated heterocycles. The minimum absolute atomic E-state index is 0.0779. The smallest absolute Gasteiger partial charge is 0.338 e. The zero-order valence-electron chi connectivity index (χ0n) is 32.7. The second-order valence-corrected chi connectivity index (χ2v) is 16.6. The van der Waals surface area contributed by atoms with E-state index in [1.807, 2.05) is 72.7 Å². The van der Waals surface area contributed by atoms with Crippen molar-refractivity contribution in [2.75, 3.05) is 0 Å². The average molecular weight is 721 g/mol. The lowest BCUT2D eigenvalue weighted by molar-refractivity contribution is -0.170. The van der Waals surface area contributed by atoms with E-state index in [1.165, 1.54) is 17.7 Å². The average Bonchev–Trinajstić information content (AvgIpc) is 3.88. The van der Waals surface area contributed by atoms with Crippen LogP contribution < -0.4 is 4.74 Å². The molecule has 0 amide bonds. The summed E-state index contributed by atoms with van der Waals surface area (Å²) in [5.41, 5.74) is 0.778. The number of fused-ring (bicyclic) bond motifs is 1. The van der Waals surface area contributed by atoms with Gasteiger partial charge in [0.15, 0.2) is 0 Å². The number of carbonyl (C=O) groups is 4. The van der Waals surface area contributed by atoms with Gasteiger partial charge >= 0.3 is 23.9 Å². The van der Waals surface area contributed by atoms with Crippen LogP contribution in [-0.4, -0.2) is 46.8 Å². The first-order valence-electron chi connectivity index (χ1n) is 19.2. The van der Waals surface area contributed by atoms with E-state index in [4.69, 9.17) is 24.1 Å². The second-order valence-electron chi connectivity index (χ2n) is 16.6. The summed E-state index contributed by atoms with van der Waals surface area (Å²) in [4.78, 5) is 47.5. The molecule has 2 aromatic rings. The Bertz CT molecular complexity index is 1540. The Labute approximate surface area is 310 Å². The van der Waals surface area contributed by atoms with Crippen LogP contribution in [-0.2, 0) is 28.6 Å². The third-order valence-electron chi connectivity index (χ3n) is 11.9. The van der Waals surface area contributed by atoms with Gasteiger partial charge < -0.3 is 24.1 Å². The lowest BCUT2D eigenvalue weighted by atomic mass is 9.87. The summed E-state index contributed by atoms with van der Waals surface area (Å²) in [7, 11) is 0. The van der Waals surface area contributed by atoms with Crippen molar-refractivity contribution in [3.05, 3.63) is 59.7 Å². The van der Waals surface area contributed by atoms with Gasteiger partial charge in [-0.1, -0.05) is 39.8 Å². The number of carbonyl (C=O) groups excluding carboxylic acids is 4. The molecule has 6 rings (SSSR count). The quantitative estimate of drug-likeness (QED) is 0.145. The summed E-state index contributed by atoms with van der Waals surface area (Å²) >= 11 is 0. The molecule has 0 spiro atoms. The van der Waals surface area contributed by atoms with Gasteiger partial charge in [0.1, 0.15) is 29.3 Å². The largest absolute Gasteiger partial charge is 0.508 e. The maximum Gasteiger partial charge on any atom is 0.338 e. The molecule has 0 aromatic heterocycles. The van der Waals surface area contributed by atoms with E-state index in [0.717, 1.165) is 57.8 Å². The fourth-order valence-corrected chi connectivity index (χ4v) is 7.09. The monoisotopic (exact) mass is 720 g/mol. The number of benzene rings is 2. The molecule has 1 N–H and O–H groups in total. The van der Waals surface area contributed by atoms with E-state index in [-0.39, 0.29) is 53.4 Å². The Morgan fingerprint density at radius 3 is 2.02 bits per heavy atom. The minimum Gasteiger partial charge on any atom is -0.508 e. The van der Waals surface area contributed by atoms with Gasteiger partial charge in [0.25, 0.3) is 0 Å². The number of hydrogen-bond donors (Lipinski definition) is 1. The van der Waals surface area contributed by atoms with Crippen LogP contribution in [0.15, 0.2) is 48.5 Å². The van der Waals surface area contributed by atoms with Gasteiger partial charge in [0.05, 0.1) is 22.3 Å². The molecule has 3 aliphatic carbocycles. The highest BCUT2D eigenvalue weighted by molar-refractivity contribution is 5.89. The molecule has 52 heavy (non-hydrogen) atoms. The van der Waals surface area contributed by atoms with E-state index < -0.39 is 10.8 Å². The van der Waals surface area contributed by atoms with E-state index in [1.54, 1.807) is 12.1 Å². The van der Waals surface area contributed by atoms with Crippen molar-refractivity contribution in [2.24, 2.45) is 28.6 Å². The third-order valence-corrected chi connectivity index (χ3v) is 11.9. The van der Waals surface area contributed by atoms with Crippen LogP contribution in [0.2, 0.25) is 0 Å². The molecule has 6 unspecified atom stereocenters. The first-order chi connectivity index (χ1) is 24.4. The van der Waals surface area contributed by atoms with Gasteiger partial charge in [-0.05, 0) is 140 Å². The molecule has 0 radical (unpaired) electrons. The SMILES string of the molecule is CCC(C)(C)C(=O)OC1C2CC3C(=O)OC1C3C2.CCC(C)(C)C(=O)Oc1ccc(O)cc1.CCC(C)c1ccc(C(=O)OC2(C)CCCC2)cc1. The summed E-state index contributed by atoms with van der Waals surface area (Å²) < 4.78 is 21.9. The number of hydrogen-bond acceptors (Lipinski definition) is 9. The molecular formula is C43H60O9. The molecule has 9 heteroatoms. The van der Waals surface area contributed by atoms with Gasteiger partial charge in [-0.3, -0.25) is 14.4 Å². The van der Waals surface area contributed by atoms with Crippen LogP contribution in [0.5, 0.6) is 11.5 Å². The number of ether oxygens (including phenoxy) is 4. The van der Waals surface area contributed by atoms with Crippen molar-refractivity contribution in [1.29, 1.82) is 0 Å². The maximum absolute atomic E-state index is 12.1. The van der Waals surface area contributed by atoms with Crippen LogP contribution in [0.4, 0.5) is 0 Å². The van der Waals surface area contributed by atoms with Crippen molar-refractivity contribution in [3.8, 4) is 11.5 Å². The van der Waals surface area contributed by atoms with E-state index in [9.17, 15) is 19.2 Å². The zero-order chi connectivity index (χ0) is 38.4. The Morgan fingerprint density at radius 2 is 1.46 bits per heavy atom. The number of esters is 4. The molecule has 4 aliphatic rings. The normalized spacial score (nSPS) is 24.4. The molecular weight excluding hydrogens is 660 g/mol. The fourth-order valence-electron chi connectivity index (χ4n) is 7.09. The summed E-state index contributed by atoms with van der Waals surface area (Å²) in [6, 6.07) is 14.0. The lowest BCUT2D eigenvalue weighted by Crippen LogP contribution is -2.39. The van der Waals surface area contributed by atoms with E-state index in [0.29, 0.717) is 29.1 Å². The molecule has 286 valence electrons. The van der Waals surface area contributed by atoms with Gasteiger partial charge in [-0.25, -0.2) is 4.79 Å². The summed E-state index contributed by atoms with van der Waals surface area (Å²) in [5, 5.41) is 9.06. The molecule has 4 fully saturated rings. The molecule has 1 heterocycles. The summed E-state index contributed by atoms with van der Waals surface area (Å²) in [6.07, 6.45) is 8.34. The van der Waals surface area contributed by atoms with Gasteiger partial charge in [-0.15, -0.1) is 0 Å². The predicted molar refractivity (Wildman–Crippen MR) is 199 cm³/mol. The Balaban J connectivity index is 0.000000176. The van der Waals surface area contributed by atoms with Gasteiger partial charge in [0.2, 0.25) is 0 Å². The van der Waals surface area contributed by atoms with E-state index >= 15 is 0 Å². The fraction of sp³-hybridized carbons (Fsp3) is 0.628. The summed E-state index contributed by atoms with van der Waals surface area (Å²) in [5.74, 6) is 1.17. The van der Waals surface area contributed by atoms with Gasteiger partial charge in [0, 0.05) is 11.8 Å². The molecule has 2 aromatic carbocycles. The molecule has 1 aliphatic heterocycles. The van der Waals surface area contributed by atoms with Crippen molar-refractivity contribution in [1.82, 2.24) is 0 Å².